The fourth-order valence-corrected chi connectivity index (χ4v) is 4.90. The lowest BCUT2D eigenvalue weighted by Gasteiger charge is -2.23. The van der Waals surface area contributed by atoms with Crippen molar-refractivity contribution in [1.29, 1.82) is 0 Å². The summed E-state index contributed by atoms with van der Waals surface area (Å²) in [6.07, 6.45) is 2.89. The molecule has 6 rings (SSSR count). The van der Waals surface area contributed by atoms with Crippen molar-refractivity contribution in [2.24, 2.45) is 0 Å². The van der Waals surface area contributed by atoms with Crippen LogP contribution < -0.4 is 16.3 Å². The molecule has 0 radical (unpaired) electrons. The summed E-state index contributed by atoms with van der Waals surface area (Å²) < 4.78 is 1.56. The van der Waals surface area contributed by atoms with Crippen molar-refractivity contribution >= 4 is 39.2 Å². The first kappa shape index (κ1) is 22.6. The number of fused-ring (bicyclic) bond motifs is 2. The number of halogens is 1. The molecule has 11 nitrogen and oxygen atoms in total. The van der Waals surface area contributed by atoms with Crippen LogP contribution in [0.2, 0.25) is 5.02 Å². The predicted octanol–water partition coefficient (Wildman–Crippen LogP) is 3.63. The van der Waals surface area contributed by atoms with E-state index in [0.29, 0.717) is 49.6 Å². The summed E-state index contributed by atoms with van der Waals surface area (Å²) in [6.45, 7) is 1.85. The van der Waals surface area contributed by atoms with Crippen LogP contribution in [0.15, 0.2) is 76.7 Å². The molecule has 12 heteroatoms. The van der Waals surface area contributed by atoms with E-state index in [1.54, 1.807) is 22.8 Å². The Hall–Kier alpha value is -4.90. The number of nitrogens with one attached hydrogen (secondary N) is 3. The van der Waals surface area contributed by atoms with Gasteiger partial charge in [-0.15, -0.1) is 10.2 Å². The monoisotopic (exact) mass is 511 g/mol. The topological polar surface area (TPSA) is 147 Å². The molecular weight excluding hydrogens is 494 g/mol. The van der Waals surface area contributed by atoms with Gasteiger partial charge in [-0.05, 0) is 24.3 Å². The first-order chi connectivity index (χ1) is 18.0. The van der Waals surface area contributed by atoms with E-state index < -0.39 is 6.04 Å². The van der Waals surface area contributed by atoms with Crippen molar-refractivity contribution in [2.45, 2.75) is 13.0 Å². The van der Waals surface area contributed by atoms with Gasteiger partial charge in [0.05, 0.1) is 22.1 Å². The highest BCUT2D eigenvalue weighted by molar-refractivity contribution is 6.36. The number of aromatic nitrogens is 8. The molecule has 0 bridgehead atoms. The van der Waals surface area contributed by atoms with Gasteiger partial charge in [-0.1, -0.05) is 48.0 Å². The van der Waals surface area contributed by atoms with E-state index in [2.05, 4.69) is 40.9 Å². The quantitative estimate of drug-likeness (QED) is 0.318. The second-order valence-electron chi connectivity index (χ2n) is 8.29. The molecule has 4 aromatic heterocycles. The molecule has 0 unspecified atom stereocenters. The number of anilines is 1. The highest BCUT2D eigenvalue weighted by Crippen LogP contribution is 2.35. The van der Waals surface area contributed by atoms with Gasteiger partial charge >= 0.3 is 0 Å². The molecule has 0 spiro atoms. The minimum Gasteiger partial charge on any atom is -0.361 e. The number of para-hydroxylation sites is 1. The largest absolute Gasteiger partial charge is 0.361 e. The fourth-order valence-electron chi connectivity index (χ4n) is 4.49. The summed E-state index contributed by atoms with van der Waals surface area (Å²) in [6, 6.07) is 15.4. The zero-order chi connectivity index (χ0) is 25.5. The van der Waals surface area contributed by atoms with Crippen molar-refractivity contribution in [1.82, 2.24) is 40.1 Å². The van der Waals surface area contributed by atoms with Gasteiger partial charge < -0.3 is 10.3 Å². The third-order valence-electron chi connectivity index (χ3n) is 6.10. The van der Waals surface area contributed by atoms with Crippen molar-refractivity contribution in [3.63, 3.8) is 0 Å². The summed E-state index contributed by atoms with van der Waals surface area (Å²) in [7, 11) is 0. The van der Waals surface area contributed by atoms with Crippen LogP contribution in [0.5, 0.6) is 0 Å². The van der Waals surface area contributed by atoms with Crippen LogP contribution in [0.1, 0.15) is 18.7 Å². The highest BCUT2D eigenvalue weighted by atomic mass is 35.5. The van der Waals surface area contributed by atoms with Crippen LogP contribution in [0.4, 0.5) is 5.82 Å². The van der Waals surface area contributed by atoms with Crippen LogP contribution in [0.25, 0.3) is 38.9 Å². The predicted molar refractivity (Wildman–Crippen MR) is 140 cm³/mol. The molecule has 0 aliphatic rings. The molecule has 0 aliphatic heterocycles. The lowest BCUT2D eigenvalue weighted by Crippen LogP contribution is -2.27. The maximum Gasteiger partial charge on any atom is 0.264 e. The maximum absolute atomic E-state index is 14.2. The van der Waals surface area contributed by atoms with Crippen molar-refractivity contribution in [3.8, 4) is 17.1 Å². The van der Waals surface area contributed by atoms with Crippen LogP contribution in [-0.4, -0.2) is 40.1 Å². The Labute approximate surface area is 213 Å². The van der Waals surface area contributed by atoms with Gasteiger partial charge in [0.25, 0.3) is 5.56 Å². The molecule has 4 heterocycles. The Morgan fingerprint density at radius 3 is 2.62 bits per heavy atom. The first-order valence-electron chi connectivity index (χ1n) is 11.3. The van der Waals surface area contributed by atoms with Gasteiger partial charge in [0.1, 0.15) is 23.2 Å². The Kier molecular flexibility index (Phi) is 5.46. The third kappa shape index (κ3) is 3.72. The van der Waals surface area contributed by atoms with E-state index in [1.807, 2.05) is 37.3 Å². The molecule has 0 aliphatic carbocycles. The van der Waals surface area contributed by atoms with E-state index in [4.69, 9.17) is 11.6 Å². The smallest absolute Gasteiger partial charge is 0.264 e. The van der Waals surface area contributed by atoms with Gasteiger partial charge in [-0.25, -0.2) is 9.97 Å². The Bertz CT molecular complexity index is 1880. The number of aromatic amines is 2. The van der Waals surface area contributed by atoms with Crippen LogP contribution in [-0.2, 0) is 0 Å². The lowest BCUT2D eigenvalue weighted by molar-refractivity contribution is 0.774. The molecule has 0 fully saturated rings. The number of pyridine rings is 2. The number of H-pyrrole nitrogens is 2. The lowest BCUT2D eigenvalue weighted by atomic mass is 10.0. The number of tetrazole rings is 1. The maximum atomic E-state index is 14.2. The van der Waals surface area contributed by atoms with Crippen LogP contribution in [0, 0.1) is 0 Å². The van der Waals surface area contributed by atoms with E-state index in [-0.39, 0.29) is 16.8 Å². The number of benzene rings is 2. The van der Waals surface area contributed by atoms with Crippen molar-refractivity contribution < 1.29 is 0 Å². The summed E-state index contributed by atoms with van der Waals surface area (Å²) in [5.74, 6) is 0.604. The standard InChI is InChI=1S/C25H18ClN9O2/c1-13(30-24-19-17(36)10-11-27-23(19)28-12-29-24)21-20(26)15-8-5-9-16(22-31-33-34-32-22)18(15)25(37)35(21)14-6-3-2-4-7-14/h2-13H,1H3,(H,31,32,33,34)(H2,27,28,29,30,36)/t13-/m0/s1. The average molecular weight is 512 g/mol. The third-order valence-corrected chi connectivity index (χ3v) is 6.49. The molecule has 2 aromatic carbocycles. The highest BCUT2D eigenvalue weighted by Gasteiger charge is 2.25. The van der Waals surface area contributed by atoms with E-state index >= 15 is 0 Å². The van der Waals surface area contributed by atoms with Gasteiger partial charge in [0.2, 0.25) is 5.82 Å². The summed E-state index contributed by atoms with van der Waals surface area (Å²) in [5.41, 5.74) is 1.47. The normalized spacial score (nSPS) is 12.2. The molecule has 0 amide bonds. The Balaban J connectivity index is 1.62. The minimum absolute atomic E-state index is 0.237. The zero-order valence-electron chi connectivity index (χ0n) is 19.3. The van der Waals surface area contributed by atoms with Crippen LogP contribution >= 0.6 is 11.6 Å². The van der Waals surface area contributed by atoms with Gasteiger partial charge in [0.15, 0.2) is 5.43 Å². The zero-order valence-corrected chi connectivity index (χ0v) is 20.1. The van der Waals surface area contributed by atoms with Gasteiger partial charge in [-0.2, -0.15) is 5.21 Å². The number of hydrogen-bond donors (Lipinski definition) is 3. The fraction of sp³-hybridized carbons (Fsp3) is 0.0800. The minimum atomic E-state index is -0.545. The van der Waals surface area contributed by atoms with Crippen molar-refractivity contribution in [2.75, 3.05) is 5.32 Å². The number of hydrogen-bond acceptors (Lipinski definition) is 8. The number of nitrogens with zero attached hydrogens (tertiary/aromatic N) is 6. The van der Waals surface area contributed by atoms with E-state index in [1.165, 1.54) is 18.6 Å². The molecule has 3 N–H and O–H groups in total. The summed E-state index contributed by atoms with van der Waals surface area (Å²) in [5, 5.41) is 19.0. The van der Waals surface area contributed by atoms with E-state index in [0.717, 1.165) is 0 Å². The molecule has 37 heavy (non-hydrogen) atoms. The molecule has 1 atom stereocenters. The Morgan fingerprint density at radius 1 is 1.00 bits per heavy atom. The average Bonchev–Trinajstić information content (AvgIpc) is 3.46. The van der Waals surface area contributed by atoms with Crippen molar-refractivity contribution in [3.05, 3.63) is 98.4 Å². The number of rotatable bonds is 5. The molecule has 0 saturated heterocycles. The molecule has 0 saturated carbocycles. The first-order valence-corrected chi connectivity index (χ1v) is 11.7. The SMILES string of the molecule is C[C@H](Nc1ncnc2[nH]ccc(=O)c12)c1c(Cl)c2cccc(-c3nn[nH]n3)c2c(=O)n1-c1ccccc1. The summed E-state index contributed by atoms with van der Waals surface area (Å²) in [4.78, 5) is 38.2. The second-order valence-corrected chi connectivity index (χ2v) is 8.67. The van der Waals surface area contributed by atoms with E-state index in [9.17, 15) is 9.59 Å². The molecular formula is C25H18ClN9O2. The second kappa shape index (κ2) is 8.95. The molecule has 6 aromatic rings. The Morgan fingerprint density at radius 2 is 1.84 bits per heavy atom. The molecule has 182 valence electrons. The van der Waals surface area contributed by atoms with Gasteiger partial charge in [0, 0.05) is 28.9 Å². The summed E-state index contributed by atoms with van der Waals surface area (Å²) >= 11 is 7.05. The van der Waals surface area contributed by atoms with Crippen LogP contribution in [0.3, 0.4) is 0 Å². The van der Waals surface area contributed by atoms with Gasteiger partial charge in [-0.3, -0.25) is 14.2 Å².